The van der Waals surface area contributed by atoms with E-state index in [2.05, 4.69) is 19.1 Å². The Bertz CT molecular complexity index is 1090. The molecule has 1 aliphatic heterocycles. The highest BCUT2D eigenvalue weighted by atomic mass is 35.5. The van der Waals surface area contributed by atoms with Gasteiger partial charge in [-0.2, -0.15) is 0 Å². The molecule has 1 amide bonds. The lowest BCUT2D eigenvalue weighted by molar-refractivity contribution is -0.137. The van der Waals surface area contributed by atoms with E-state index < -0.39 is 0 Å². The van der Waals surface area contributed by atoms with Crippen molar-refractivity contribution in [1.29, 1.82) is 0 Å². The molecule has 0 radical (unpaired) electrons. The number of carbonyl (C=O) groups is 1. The van der Waals surface area contributed by atoms with Crippen LogP contribution in [0.15, 0.2) is 65.2 Å². The Labute approximate surface area is 205 Å². The van der Waals surface area contributed by atoms with E-state index in [9.17, 15) is 4.79 Å². The molecule has 0 bridgehead atoms. The number of likely N-dealkylation sites (tertiary alicyclic amines) is 1. The van der Waals surface area contributed by atoms with Crippen molar-refractivity contribution >= 4 is 29.1 Å². The van der Waals surface area contributed by atoms with Gasteiger partial charge in [0.15, 0.2) is 0 Å². The Balaban J connectivity index is 1.77. The zero-order valence-corrected chi connectivity index (χ0v) is 20.7. The molecule has 0 N–H and O–H groups in total. The van der Waals surface area contributed by atoms with Gasteiger partial charge in [0.05, 0.1) is 20.3 Å². The first-order valence-corrected chi connectivity index (χ1v) is 12.0. The zero-order chi connectivity index (χ0) is 23.5. The maximum Gasteiger partial charge on any atom is 0.223 e. The summed E-state index contributed by atoms with van der Waals surface area (Å²) in [7, 11) is 3.27. The number of carbonyl (C=O) groups excluding carboxylic acids is 1. The van der Waals surface area contributed by atoms with E-state index in [-0.39, 0.29) is 23.8 Å². The predicted molar refractivity (Wildman–Crippen MR) is 133 cm³/mol. The van der Waals surface area contributed by atoms with Crippen molar-refractivity contribution in [2.45, 2.75) is 44.7 Å². The van der Waals surface area contributed by atoms with Gasteiger partial charge in [-0.25, -0.2) is 0 Å². The van der Waals surface area contributed by atoms with Gasteiger partial charge in [-0.3, -0.25) is 4.79 Å². The SMILES string of the molecule is COc1ccc(CN2C(=O)CC[C@H](c3cccc(Cl)c3)[C@H]2C2=CC=C(Cl)C(C)C2)c(OC)c1. The summed E-state index contributed by atoms with van der Waals surface area (Å²) in [6.07, 6.45) is 6.17. The van der Waals surface area contributed by atoms with Crippen molar-refractivity contribution in [2.24, 2.45) is 5.92 Å². The number of rotatable bonds is 6. The van der Waals surface area contributed by atoms with Crippen LogP contribution in [-0.4, -0.2) is 31.1 Å². The molecule has 174 valence electrons. The number of allylic oxidation sites excluding steroid dienone is 3. The van der Waals surface area contributed by atoms with Gasteiger partial charge < -0.3 is 14.4 Å². The topological polar surface area (TPSA) is 38.8 Å². The average molecular weight is 486 g/mol. The van der Waals surface area contributed by atoms with E-state index in [0.717, 1.165) is 34.8 Å². The largest absolute Gasteiger partial charge is 0.497 e. The second-order valence-corrected chi connectivity index (χ2v) is 9.62. The van der Waals surface area contributed by atoms with Crippen LogP contribution in [0.25, 0.3) is 0 Å². The van der Waals surface area contributed by atoms with Crippen LogP contribution in [0.3, 0.4) is 0 Å². The molecule has 1 aliphatic carbocycles. The number of benzene rings is 2. The maximum absolute atomic E-state index is 13.3. The van der Waals surface area contributed by atoms with E-state index in [1.807, 2.05) is 47.4 Å². The third kappa shape index (κ3) is 5.07. The number of piperidine rings is 1. The normalized spacial score (nSPS) is 23.1. The summed E-state index contributed by atoms with van der Waals surface area (Å²) in [5, 5.41) is 1.56. The van der Waals surface area contributed by atoms with Gasteiger partial charge in [-0.1, -0.05) is 48.3 Å². The van der Waals surface area contributed by atoms with Crippen molar-refractivity contribution in [3.05, 3.63) is 81.4 Å². The standard InChI is InChI=1S/C27H29Cl2NO3/c1-17-13-19(8-11-24(17)29)27-23(18-5-4-6-21(28)14-18)10-12-26(31)30(27)16-20-7-9-22(32-2)15-25(20)33-3/h4-9,11,14-15,17,23,27H,10,12-13,16H2,1-3H3/t17?,23-,27-/m1/s1. The molecule has 4 rings (SSSR count). The molecule has 0 aromatic heterocycles. The third-order valence-electron chi connectivity index (χ3n) is 6.67. The van der Waals surface area contributed by atoms with Gasteiger partial charge >= 0.3 is 0 Å². The van der Waals surface area contributed by atoms with Gasteiger partial charge in [0.1, 0.15) is 11.5 Å². The van der Waals surface area contributed by atoms with Crippen LogP contribution in [0.4, 0.5) is 0 Å². The molecule has 4 nitrogen and oxygen atoms in total. The molecule has 6 heteroatoms. The fourth-order valence-electron chi connectivity index (χ4n) is 4.94. The summed E-state index contributed by atoms with van der Waals surface area (Å²) in [6, 6.07) is 13.7. The Morgan fingerprint density at radius 3 is 2.58 bits per heavy atom. The molecule has 33 heavy (non-hydrogen) atoms. The summed E-state index contributed by atoms with van der Waals surface area (Å²) in [4.78, 5) is 15.3. The minimum absolute atomic E-state index is 0.0833. The fourth-order valence-corrected chi connectivity index (χ4v) is 5.28. The lowest BCUT2D eigenvalue weighted by Gasteiger charge is -2.44. The van der Waals surface area contributed by atoms with Crippen molar-refractivity contribution in [2.75, 3.05) is 14.2 Å². The molecular weight excluding hydrogens is 457 g/mol. The first-order chi connectivity index (χ1) is 15.9. The molecule has 3 atom stereocenters. The molecule has 1 unspecified atom stereocenters. The van der Waals surface area contributed by atoms with E-state index >= 15 is 0 Å². The molecule has 1 fully saturated rings. The number of halogens is 2. The van der Waals surface area contributed by atoms with Gasteiger partial charge in [-0.15, -0.1) is 0 Å². The first kappa shape index (κ1) is 23.7. The van der Waals surface area contributed by atoms with Crippen LogP contribution in [0.5, 0.6) is 11.5 Å². The molecule has 1 heterocycles. The zero-order valence-electron chi connectivity index (χ0n) is 19.2. The van der Waals surface area contributed by atoms with Crippen LogP contribution in [0.2, 0.25) is 5.02 Å². The summed E-state index contributed by atoms with van der Waals surface area (Å²) in [6.45, 7) is 2.58. The lowest BCUT2D eigenvalue weighted by atomic mass is 9.76. The van der Waals surface area contributed by atoms with Gasteiger partial charge in [0.2, 0.25) is 5.91 Å². The minimum Gasteiger partial charge on any atom is -0.497 e. The predicted octanol–water partition coefficient (Wildman–Crippen LogP) is 6.72. The van der Waals surface area contributed by atoms with Crippen LogP contribution >= 0.6 is 23.2 Å². The van der Waals surface area contributed by atoms with E-state index in [0.29, 0.717) is 23.7 Å². The number of amides is 1. The number of hydrogen-bond donors (Lipinski definition) is 0. The molecule has 2 aliphatic rings. The van der Waals surface area contributed by atoms with Crippen molar-refractivity contribution < 1.29 is 14.3 Å². The Hall–Kier alpha value is -2.43. The van der Waals surface area contributed by atoms with Gasteiger partial charge in [-0.05, 0) is 60.2 Å². The molecule has 0 spiro atoms. The van der Waals surface area contributed by atoms with Crippen molar-refractivity contribution in [1.82, 2.24) is 4.90 Å². The Morgan fingerprint density at radius 1 is 1.06 bits per heavy atom. The van der Waals surface area contributed by atoms with Crippen LogP contribution in [0.1, 0.15) is 43.2 Å². The van der Waals surface area contributed by atoms with Crippen LogP contribution < -0.4 is 9.47 Å². The maximum atomic E-state index is 13.3. The van der Waals surface area contributed by atoms with Crippen molar-refractivity contribution in [3.63, 3.8) is 0 Å². The molecule has 2 aromatic rings. The highest BCUT2D eigenvalue weighted by molar-refractivity contribution is 6.30. The fraction of sp³-hybridized carbons (Fsp3) is 0.370. The Morgan fingerprint density at radius 2 is 1.88 bits per heavy atom. The van der Waals surface area contributed by atoms with Crippen LogP contribution in [0, 0.1) is 5.92 Å². The van der Waals surface area contributed by atoms with Gasteiger partial charge in [0, 0.05) is 40.6 Å². The summed E-state index contributed by atoms with van der Waals surface area (Å²) < 4.78 is 11.0. The second kappa shape index (κ2) is 10.2. The van der Waals surface area contributed by atoms with Gasteiger partial charge in [0.25, 0.3) is 0 Å². The number of nitrogens with zero attached hydrogens (tertiary/aromatic N) is 1. The summed E-state index contributed by atoms with van der Waals surface area (Å²) in [5.74, 6) is 1.94. The van der Waals surface area contributed by atoms with Crippen molar-refractivity contribution in [3.8, 4) is 11.5 Å². The highest BCUT2D eigenvalue weighted by Gasteiger charge is 2.40. The minimum atomic E-state index is -0.0833. The summed E-state index contributed by atoms with van der Waals surface area (Å²) >= 11 is 12.8. The molecular formula is C27H29Cl2NO3. The molecule has 2 aromatic carbocycles. The lowest BCUT2D eigenvalue weighted by Crippen LogP contribution is -2.48. The van der Waals surface area contributed by atoms with E-state index in [1.165, 1.54) is 5.57 Å². The number of ether oxygens (including phenoxy) is 2. The third-order valence-corrected chi connectivity index (χ3v) is 7.40. The number of hydrogen-bond acceptors (Lipinski definition) is 3. The Kier molecular flexibility index (Phi) is 7.35. The first-order valence-electron chi connectivity index (χ1n) is 11.2. The molecule has 0 saturated carbocycles. The van der Waals surface area contributed by atoms with Crippen LogP contribution in [-0.2, 0) is 11.3 Å². The van der Waals surface area contributed by atoms with E-state index in [4.69, 9.17) is 32.7 Å². The monoisotopic (exact) mass is 485 g/mol. The second-order valence-electron chi connectivity index (χ2n) is 8.74. The van der Waals surface area contributed by atoms with E-state index in [1.54, 1.807) is 14.2 Å². The quantitative estimate of drug-likeness (QED) is 0.455. The number of methoxy groups -OCH3 is 2. The summed E-state index contributed by atoms with van der Waals surface area (Å²) in [5.41, 5.74) is 3.32. The average Bonchev–Trinajstić information content (AvgIpc) is 2.82. The highest BCUT2D eigenvalue weighted by Crippen LogP contribution is 2.43. The smallest absolute Gasteiger partial charge is 0.223 e. The molecule has 1 saturated heterocycles.